The van der Waals surface area contributed by atoms with Gasteiger partial charge in [0.2, 0.25) is 0 Å². The number of piperazine rings is 1. The van der Waals surface area contributed by atoms with Crippen molar-refractivity contribution in [3.8, 4) is 0 Å². The fourth-order valence-electron chi connectivity index (χ4n) is 2.85. The molecule has 8 nitrogen and oxygen atoms in total. The Kier molecular flexibility index (Phi) is 3.20. The quantitative estimate of drug-likeness (QED) is 0.500. The fourth-order valence-corrected chi connectivity index (χ4v) is 2.85. The average Bonchev–Trinajstić information content (AvgIpc) is 2.87. The summed E-state index contributed by atoms with van der Waals surface area (Å²) in [4.78, 5) is 36.7. The predicted octanol–water partition coefficient (Wildman–Crippen LogP) is 0.621. The topological polar surface area (TPSA) is 95.8 Å². The minimum atomic E-state index is -0.479. The maximum Gasteiger partial charge on any atom is 0.317 e. The van der Waals surface area contributed by atoms with E-state index in [1.54, 1.807) is 17.0 Å². The van der Waals surface area contributed by atoms with Gasteiger partial charge in [0.1, 0.15) is 12.0 Å². The molecule has 21 heavy (non-hydrogen) atoms. The van der Waals surface area contributed by atoms with E-state index in [0.717, 1.165) is 0 Å². The van der Waals surface area contributed by atoms with Gasteiger partial charge >= 0.3 is 6.03 Å². The van der Waals surface area contributed by atoms with Crippen molar-refractivity contribution >= 4 is 23.7 Å². The van der Waals surface area contributed by atoms with Crippen LogP contribution in [0, 0.1) is 10.1 Å². The lowest BCUT2D eigenvalue weighted by molar-refractivity contribution is -0.384. The minimum absolute atomic E-state index is 0.0246. The predicted molar refractivity (Wildman–Crippen MR) is 74.6 cm³/mol. The molecular formula is C13H14N4O4. The van der Waals surface area contributed by atoms with Crippen LogP contribution >= 0.6 is 0 Å². The highest BCUT2D eigenvalue weighted by Crippen LogP contribution is 2.31. The third-order valence-corrected chi connectivity index (χ3v) is 3.91. The summed E-state index contributed by atoms with van der Waals surface area (Å²) in [6.45, 7) is 2.16. The molecule has 2 heterocycles. The molecule has 1 N–H and O–H groups in total. The van der Waals surface area contributed by atoms with E-state index < -0.39 is 4.92 Å². The highest BCUT2D eigenvalue weighted by atomic mass is 16.6. The second-order valence-corrected chi connectivity index (χ2v) is 5.10. The highest BCUT2D eigenvalue weighted by molar-refractivity contribution is 5.80. The summed E-state index contributed by atoms with van der Waals surface area (Å²) < 4.78 is 0. The molecule has 2 aliphatic heterocycles. The Labute approximate surface area is 120 Å². The zero-order chi connectivity index (χ0) is 15.0. The number of aldehydes is 1. The van der Waals surface area contributed by atoms with E-state index in [9.17, 15) is 19.7 Å². The molecule has 0 aromatic heterocycles. The maximum atomic E-state index is 11.6. The number of fused-ring (bicyclic) bond motifs is 1. The van der Waals surface area contributed by atoms with Gasteiger partial charge < -0.3 is 15.1 Å². The van der Waals surface area contributed by atoms with Gasteiger partial charge in [-0.1, -0.05) is 0 Å². The Balaban J connectivity index is 1.89. The van der Waals surface area contributed by atoms with Crippen molar-refractivity contribution < 1.29 is 14.5 Å². The van der Waals surface area contributed by atoms with E-state index in [0.29, 0.717) is 38.2 Å². The molecule has 1 atom stereocenters. The first-order valence-electron chi connectivity index (χ1n) is 6.63. The SMILES string of the molecule is O=Cc1ccc(N2CCN3C(=O)NCC3C2)c([N+](=O)[O-])c1. The lowest BCUT2D eigenvalue weighted by Gasteiger charge is -2.37. The molecule has 8 heteroatoms. The fraction of sp³-hybridized carbons (Fsp3) is 0.385. The Morgan fingerprint density at radius 3 is 2.90 bits per heavy atom. The molecular weight excluding hydrogens is 276 g/mol. The van der Waals surface area contributed by atoms with Crippen LogP contribution in [0.1, 0.15) is 10.4 Å². The van der Waals surface area contributed by atoms with Crippen LogP contribution in [0.4, 0.5) is 16.2 Å². The second-order valence-electron chi connectivity index (χ2n) is 5.10. The van der Waals surface area contributed by atoms with Gasteiger partial charge in [-0.15, -0.1) is 0 Å². The number of hydrogen-bond acceptors (Lipinski definition) is 5. The Hall–Kier alpha value is -2.64. The van der Waals surface area contributed by atoms with E-state index in [-0.39, 0.29) is 23.3 Å². The molecule has 110 valence electrons. The first kappa shape index (κ1) is 13.3. The van der Waals surface area contributed by atoms with Crippen LogP contribution in [-0.4, -0.2) is 54.4 Å². The first-order valence-corrected chi connectivity index (χ1v) is 6.63. The lowest BCUT2D eigenvalue weighted by atomic mass is 10.1. The van der Waals surface area contributed by atoms with E-state index in [4.69, 9.17) is 0 Å². The molecule has 0 saturated carbocycles. The van der Waals surface area contributed by atoms with E-state index in [1.165, 1.54) is 6.07 Å². The maximum absolute atomic E-state index is 11.6. The normalized spacial score (nSPS) is 21.0. The number of anilines is 1. The van der Waals surface area contributed by atoms with Crippen LogP contribution in [0.5, 0.6) is 0 Å². The van der Waals surface area contributed by atoms with E-state index in [2.05, 4.69) is 5.32 Å². The number of urea groups is 1. The lowest BCUT2D eigenvalue weighted by Crippen LogP contribution is -2.52. The van der Waals surface area contributed by atoms with Gasteiger partial charge in [0.05, 0.1) is 11.0 Å². The summed E-state index contributed by atoms with van der Waals surface area (Å²) in [5, 5.41) is 14.0. The first-order chi connectivity index (χ1) is 10.1. The third kappa shape index (κ3) is 2.28. The molecule has 0 bridgehead atoms. The number of rotatable bonds is 3. The summed E-state index contributed by atoms with van der Waals surface area (Å²) in [5.74, 6) is 0. The van der Waals surface area contributed by atoms with Crippen molar-refractivity contribution in [3.05, 3.63) is 33.9 Å². The number of nitrogens with one attached hydrogen (secondary N) is 1. The van der Waals surface area contributed by atoms with Crippen molar-refractivity contribution in [2.75, 3.05) is 31.1 Å². The van der Waals surface area contributed by atoms with Crippen molar-refractivity contribution in [1.82, 2.24) is 10.2 Å². The van der Waals surface area contributed by atoms with Crippen LogP contribution in [0.25, 0.3) is 0 Å². The van der Waals surface area contributed by atoms with Gasteiger partial charge in [-0.05, 0) is 12.1 Å². The number of nitro benzene ring substituents is 1. The molecule has 2 saturated heterocycles. The summed E-state index contributed by atoms with van der Waals surface area (Å²) >= 11 is 0. The van der Waals surface area contributed by atoms with Crippen molar-refractivity contribution in [2.45, 2.75) is 6.04 Å². The molecule has 2 amide bonds. The Bertz CT molecular complexity index is 618. The van der Waals surface area contributed by atoms with Gasteiger partial charge in [0, 0.05) is 37.8 Å². The van der Waals surface area contributed by atoms with Crippen molar-refractivity contribution in [1.29, 1.82) is 0 Å². The van der Waals surface area contributed by atoms with Gasteiger partial charge in [-0.2, -0.15) is 0 Å². The summed E-state index contributed by atoms with van der Waals surface area (Å²) in [6, 6.07) is 4.40. The van der Waals surface area contributed by atoms with Crippen LogP contribution < -0.4 is 10.2 Å². The average molecular weight is 290 g/mol. The molecule has 1 aromatic carbocycles. The van der Waals surface area contributed by atoms with Crippen molar-refractivity contribution in [3.63, 3.8) is 0 Å². The van der Waals surface area contributed by atoms with E-state index >= 15 is 0 Å². The van der Waals surface area contributed by atoms with Crippen LogP contribution in [-0.2, 0) is 0 Å². The number of amides is 2. The molecule has 3 rings (SSSR count). The zero-order valence-corrected chi connectivity index (χ0v) is 11.2. The Morgan fingerprint density at radius 1 is 1.38 bits per heavy atom. The standard InChI is InChI=1S/C13H14N4O4/c18-8-9-1-2-11(12(5-9)17(20)21)15-3-4-16-10(7-15)6-14-13(16)19/h1-2,5,8,10H,3-4,6-7H2,(H,14,19). The molecule has 2 aliphatic rings. The summed E-state index contributed by atoms with van der Waals surface area (Å²) in [7, 11) is 0. The number of nitro groups is 1. The molecule has 0 aliphatic carbocycles. The van der Waals surface area contributed by atoms with Gasteiger partial charge in [-0.3, -0.25) is 14.9 Å². The number of nitrogens with zero attached hydrogens (tertiary/aromatic N) is 3. The van der Waals surface area contributed by atoms with Gasteiger partial charge in [-0.25, -0.2) is 4.79 Å². The molecule has 0 spiro atoms. The van der Waals surface area contributed by atoms with Gasteiger partial charge in [0.25, 0.3) is 5.69 Å². The van der Waals surface area contributed by atoms with Gasteiger partial charge in [0.15, 0.2) is 0 Å². The van der Waals surface area contributed by atoms with E-state index in [1.807, 2.05) is 4.90 Å². The zero-order valence-electron chi connectivity index (χ0n) is 11.2. The van der Waals surface area contributed by atoms with Crippen LogP contribution in [0.3, 0.4) is 0 Å². The molecule has 1 aromatic rings. The third-order valence-electron chi connectivity index (χ3n) is 3.91. The highest BCUT2D eigenvalue weighted by Gasteiger charge is 2.36. The Morgan fingerprint density at radius 2 is 2.19 bits per heavy atom. The molecule has 0 radical (unpaired) electrons. The molecule has 2 fully saturated rings. The van der Waals surface area contributed by atoms with Crippen molar-refractivity contribution in [2.24, 2.45) is 0 Å². The summed E-state index contributed by atoms with van der Waals surface area (Å²) in [6.07, 6.45) is 0.592. The van der Waals surface area contributed by atoms with Crippen LogP contribution in [0.2, 0.25) is 0 Å². The molecule has 1 unspecified atom stereocenters. The smallest absolute Gasteiger partial charge is 0.317 e. The second kappa shape index (κ2) is 5.04. The van der Waals surface area contributed by atoms with Crippen LogP contribution in [0.15, 0.2) is 18.2 Å². The minimum Gasteiger partial charge on any atom is -0.362 e. The number of carbonyl (C=O) groups excluding carboxylic acids is 2. The summed E-state index contributed by atoms with van der Waals surface area (Å²) in [5.41, 5.74) is 0.691. The number of hydrogen-bond donors (Lipinski definition) is 1. The number of carbonyl (C=O) groups is 2. The largest absolute Gasteiger partial charge is 0.362 e. The monoisotopic (exact) mass is 290 g/mol. The number of benzene rings is 1.